The number of ether oxygens (including phenoxy) is 2. The number of aryl methyl sites for hydroxylation is 1. The lowest BCUT2D eigenvalue weighted by molar-refractivity contribution is -0.158. The highest BCUT2D eigenvalue weighted by molar-refractivity contribution is 5.77. The molecule has 1 saturated carbocycles. The summed E-state index contributed by atoms with van der Waals surface area (Å²) in [6, 6.07) is 6.08. The third kappa shape index (κ3) is 2.75. The van der Waals surface area contributed by atoms with Gasteiger partial charge < -0.3 is 9.47 Å². The monoisotopic (exact) mass is 260 g/mol. The van der Waals surface area contributed by atoms with Gasteiger partial charge in [0.15, 0.2) is 6.10 Å². The van der Waals surface area contributed by atoms with Crippen molar-refractivity contribution in [2.24, 2.45) is 0 Å². The van der Waals surface area contributed by atoms with Crippen LogP contribution in [0.15, 0.2) is 18.2 Å². The molecule has 1 aromatic rings. The van der Waals surface area contributed by atoms with Gasteiger partial charge in [-0.2, -0.15) is 0 Å². The Hall–Kier alpha value is -1.51. The molecule has 102 valence electrons. The lowest BCUT2D eigenvalue weighted by atomic mass is 9.98. The first-order chi connectivity index (χ1) is 9.22. The van der Waals surface area contributed by atoms with Crippen LogP contribution in [0.5, 0.6) is 5.75 Å². The van der Waals surface area contributed by atoms with E-state index in [1.807, 2.05) is 19.1 Å². The molecule has 0 saturated heterocycles. The van der Waals surface area contributed by atoms with E-state index < -0.39 is 6.10 Å². The Kier molecular flexibility index (Phi) is 3.45. The van der Waals surface area contributed by atoms with Gasteiger partial charge in [-0.1, -0.05) is 18.6 Å². The van der Waals surface area contributed by atoms with Crippen molar-refractivity contribution in [2.75, 3.05) is 0 Å². The van der Waals surface area contributed by atoms with Crippen molar-refractivity contribution in [1.82, 2.24) is 0 Å². The van der Waals surface area contributed by atoms with E-state index >= 15 is 0 Å². The van der Waals surface area contributed by atoms with Gasteiger partial charge in [-0.3, -0.25) is 0 Å². The molecular weight excluding hydrogens is 240 g/mol. The fraction of sp³-hybridized carbons (Fsp3) is 0.562. The molecule has 1 heterocycles. The SMILES string of the molecule is Cc1ccc2c(c1)OC(C(=O)OC1CCCCC1)C2. The molecule has 1 fully saturated rings. The highest BCUT2D eigenvalue weighted by Crippen LogP contribution is 2.31. The number of rotatable bonds is 2. The molecule has 0 bridgehead atoms. The van der Waals surface area contributed by atoms with Crippen molar-refractivity contribution in [3.63, 3.8) is 0 Å². The summed E-state index contributed by atoms with van der Waals surface area (Å²) in [6.07, 6.45) is 5.91. The second-order valence-electron chi connectivity index (χ2n) is 5.62. The van der Waals surface area contributed by atoms with Crippen molar-refractivity contribution in [3.8, 4) is 5.75 Å². The van der Waals surface area contributed by atoms with E-state index in [1.54, 1.807) is 0 Å². The van der Waals surface area contributed by atoms with Gasteiger partial charge >= 0.3 is 5.97 Å². The minimum Gasteiger partial charge on any atom is -0.478 e. The molecule has 0 radical (unpaired) electrons. The van der Waals surface area contributed by atoms with E-state index in [0.29, 0.717) is 6.42 Å². The highest BCUT2D eigenvalue weighted by atomic mass is 16.6. The molecule has 1 unspecified atom stereocenters. The van der Waals surface area contributed by atoms with E-state index in [1.165, 1.54) is 19.3 Å². The Labute approximate surface area is 113 Å². The van der Waals surface area contributed by atoms with Gasteiger partial charge in [-0.15, -0.1) is 0 Å². The van der Waals surface area contributed by atoms with Crippen LogP contribution in [-0.4, -0.2) is 18.2 Å². The maximum absolute atomic E-state index is 12.1. The predicted octanol–water partition coefficient (Wildman–Crippen LogP) is 3.17. The van der Waals surface area contributed by atoms with Crippen LogP contribution in [0.2, 0.25) is 0 Å². The first-order valence-corrected chi connectivity index (χ1v) is 7.19. The molecule has 0 amide bonds. The molecule has 1 aromatic carbocycles. The van der Waals surface area contributed by atoms with Gasteiger partial charge in [-0.25, -0.2) is 4.79 Å². The quantitative estimate of drug-likeness (QED) is 0.766. The second kappa shape index (κ2) is 5.24. The molecule has 0 spiro atoms. The Morgan fingerprint density at radius 2 is 2.05 bits per heavy atom. The molecule has 0 aromatic heterocycles. The van der Waals surface area contributed by atoms with E-state index in [-0.39, 0.29) is 12.1 Å². The van der Waals surface area contributed by atoms with Crippen LogP contribution in [0.4, 0.5) is 0 Å². The first kappa shape index (κ1) is 12.5. The topological polar surface area (TPSA) is 35.5 Å². The maximum Gasteiger partial charge on any atom is 0.347 e. The minimum absolute atomic E-state index is 0.107. The maximum atomic E-state index is 12.1. The molecule has 2 aliphatic rings. The summed E-state index contributed by atoms with van der Waals surface area (Å²) in [7, 11) is 0. The molecule has 3 heteroatoms. The van der Waals surface area contributed by atoms with E-state index in [0.717, 1.165) is 29.7 Å². The summed E-state index contributed by atoms with van der Waals surface area (Å²) in [6.45, 7) is 2.03. The van der Waals surface area contributed by atoms with Crippen molar-refractivity contribution >= 4 is 5.97 Å². The summed E-state index contributed by atoms with van der Waals surface area (Å²) >= 11 is 0. The van der Waals surface area contributed by atoms with Gasteiger partial charge in [0.05, 0.1) is 0 Å². The average molecular weight is 260 g/mol. The summed E-state index contributed by atoms with van der Waals surface area (Å²) in [4.78, 5) is 12.1. The van der Waals surface area contributed by atoms with Gasteiger partial charge in [-0.05, 0) is 49.8 Å². The Morgan fingerprint density at radius 1 is 1.26 bits per heavy atom. The van der Waals surface area contributed by atoms with E-state index in [2.05, 4.69) is 6.07 Å². The predicted molar refractivity (Wildman–Crippen MR) is 72.3 cm³/mol. The number of benzene rings is 1. The third-order valence-electron chi connectivity index (χ3n) is 4.00. The Bertz CT molecular complexity index is 475. The Morgan fingerprint density at radius 3 is 2.84 bits per heavy atom. The molecule has 3 rings (SSSR count). The van der Waals surface area contributed by atoms with Crippen molar-refractivity contribution < 1.29 is 14.3 Å². The summed E-state index contributed by atoms with van der Waals surface area (Å²) in [5.41, 5.74) is 2.26. The third-order valence-corrected chi connectivity index (χ3v) is 4.00. The zero-order valence-corrected chi connectivity index (χ0v) is 11.4. The van der Waals surface area contributed by atoms with E-state index in [4.69, 9.17) is 9.47 Å². The smallest absolute Gasteiger partial charge is 0.347 e. The van der Waals surface area contributed by atoms with Crippen molar-refractivity contribution in [3.05, 3.63) is 29.3 Å². The van der Waals surface area contributed by atoms with Crippen LogP contribution >= 0.6 is 0 Å². The second-order valence-corrected chi connectivity index (χ2v) is 5.62. The summed E-state index contributed by atoms with van der Waals surface area (Å²) in [5, 5.41) is 0. The van der Waals surface area contributed by atoms with Gasteiger partial charge in [0.1, 0.15) is 11.9 Å². The molecule has 3 nitrogen and oxygen atoms in total. The average Bonchev–Trinajstić information content (AvgIpc) is 2.83. The zero-order chi connectivity index (χ0) is 13.2. The van der Waals surface area contributed by atoms with Crippen LogP contribution in [0.3, 0.4) is 0 Å². The number of hydrogen-bond donors (Lipinski definition) is 0. The van der Waals surface area contributed by atoms with Crippen LogP contribution in [0.25, 0.3) is 0 Å². The molecule has 0 N–H and O–H groups in total. The molecule has 1 aliphatic heterocycles. The molecule has 1 atom stereocenters. The summed E-state index contributed by atoms with van der Waals surface area (Å²) < 4.78 is 11.3. The molecular formula is C16H20O3. The standard InChI is InChI=1S/C16H20O3/c1-11-7-8-12-10-15(19-14(12)9-11)16(17)18-13-5-3-2-4-6-13/h7-9,13,15H,2-6,10H2,1H3. The van der Waals surface area contributed by atoms with E-state index in [9.17, 15) is 4.79 Å². The van der Waals surface area contributed by atoms with Gasteiger partial charge in [0.25, 0.3) is 0 Å². The van der Waals surface area contributed by atoms with Crippen LogP contribution in [0.1, 0.15) is 43.2 Å². The summed E-state index contributed by atoms with van der Waals surface area (Å²) in [5.74, 6) is 0.645. The fourth-order valence-corrected chi connectivity index (χ4v) is 2.89. The first-order valence-electron chi connectivity index (χ1n) is 7.19. The normalized spacial score (nSPS) is 22.7. The largest absolute Gasteiger partial charge is 0.478 e. The number of hydrogen-bond acceptors (Lipinski definition) is 3. The number of carbonyl (C=O) groups excluding carboxylic acids is 1. The molecule has 1 aliphatic carbocycles. The lowest BCUT2D eigenvalue weighted by Gasteiger charge is -2.23. The van der Waals surface area contributed by atoms with Gasteiger partial charge in [0, 0.05) is 6.42 Å². The van der Waals surface area contributed by atoms with Crippen LogP contribution in [-0.2, 0) is 16.0 Å². The molecule has 19 heavy (non-hydrogen) atoms. The fourth-order valence-electron chi connectivity index (χ4n) is 2.89. The van der Waals surface area contributed by atoms with Crippen LogP contribution < -0.4 is 4.74 Å². The van der Waals surface area contributed by atoms with Gasteiger partial charge in [0.2, 0.25) is 0 Å². The minimum atomic E-state index is -0.446. The number of fused-ring (bicyclic) bond motifs is 1. The van der Waals surface area contributed by atoms with Crippen molar-refractivity contribution in [2.45, 2.75) is 57.7 Å². The number of esters is 1. The highest BCUT2D eigenvalue weighted by Gasteiger charge is 2.32. The van der Waals surface area contributed by atoms with Crippen LogP contribution in [0, 0.1) is 6.92 Å². The zero-order valence-electron chi connectivity index (χ0n) is 11.4. The number of carbonyl (C=O) groups is 1. The lowest BCUT2D eigenvalue weighted by Crippen LogP contribution is -2.32. The Balaban J connectivity index is 1.60. The van der Waals surface area contributed by atoms with Crippen molar-refractivity contribution in [1.29, 1.82) is 0 Å².